The van der Waals surface area contributed by atoms with Gasteiger partial charge in [-0.25, -0.2) is 4.39 Å². The van der Waals surface area contributed by atoms with Crippen LogP contribution >= 0.6 is 12.4 Å². The highest BCUT2D eigenvalue weighted by Gasteiger charge is 2.35. The Kier molecular flexibility index (Phi) is 6.44. The van der Waals surface area contributed by atoms with Crippen LogP contribution in [-0.2, 0) is 11.8 Å². The summed E-state index contributed by atoms with van der Waals surface area (Å²) in [6, 6.07) is 2.62. The molecule has 1 fully saturated rings. The maximum absolute atomic E-state index is 14.0. The zero-order valence-electron chi connectivity index (χ0n) is 14.8. The van der Waals surface area contributed by atoms with Crippen molar-refractivity contribution in [3.8, 4) is 11.5 Å². The third kappa shape index (κ3) is 3.91. The lowest BCUT2D eigenvalue weighted by atomic mass is 9.90. The lowest BCUT2D eigenvalue weighted by Gasteiger charge is -2.18. The van der Waals surface area contributed by atoms with Crippen molar-refractivity contribution in [2.75, 3.05) is 32.6 Å². The number of nitrogens with zero attached hydrogens (tertiary/aromatic N) is 2. The molecule has 1 aromatic carbocycles. The number of hydrogen-bond acceptors (Lipinski definition) is 5. The maximum Gasteiger partial charge on any atom is 0.229 e. The minimum absolute atomic E-state index is 0. The van der Waals surface area contributed by atoms with Crippen LogP contribution in [0.15, 0.2) is 24.5 Å². The lowest BCUT2D eigenvalue weighted by molar-refractivity contribution is -0.119. The fourth-order valence-electron chi connectivity index (χ4n) is 3.12. The maximum atomic E-state index is 14.0. The molecule has 1 aliphatic rings. The Balaban J connectivity index is 0.00000243. The van der Waals surface area contributed by atoms with Crippen molar-refractivity contribution in [3.05, 3.63) is 35.9 Å². The molecule has 2 N–H and O–H groups in total. The van der Waals surface area contributed by atoms with Crippen LogP contribution in [0.5, 0.6) is 11.5 Å². The number of aromatic nitrogens is 2. The molecule has 1 aliphatic heterocycles. The highest BCUT2D eigenvalue weighted by Crippen LogP contribution is 2.34. The summed E-state index contributed by atoms with van der Waals surface area (Å²) in [5.41, 5.74) is 1.28. The number of rotatable bonds is 5. The van der Waals surface area contributed by atoms with E-state index in [0.717, 1.165) is 5.56 Å². The van der Waals surface area contributed by atoms with Gasteiger partial charge in [0.1, 0.15) is 5.75 Å². The summed E-state index contributed by atoms with van der Waals surface area (Å²) in [6.45, 7) is 1.24. The molecule has 1 aromatic heterocycles. The Morgan fingerprint density at radius 2 is 2.04 bits per heavy atom. The van der Waals surface area contributed by atoms with E-state index in [1.807, 2.05) is 13.2 Å². The van der Waals surface area contributed by atoms with Crippen LogP contribution in [0.1, 0.15) is 11.5 Å². The van der Waals surface area contributed by atoms with Crippen LogP contribution in [0.4, 0.5) is 10.1 Å². The summed E-state index contributed by atoms with van der Waals surface area (Å²) in [6.07, 6.45) is 3.68. The van der Waals surface area contributed by atoms with E-state index in [2.05, 4.69) is 15.7 Å². The van der Waals surface area contributed by atoms with Crippen LogP contribution in [-0.4, -0.2) is 43.0 Å². The van der Waals surface area contributed by atoms with Crippen LogP contribution < -0.4 is 20.1 Å². The highest BCUT2D eigenvalue weighted by atomic mass is 35.5. The molecule has 26 heavy (non-hydrogen) atoms. The molecule has 1 saturated heterocycles. The van der Waals surface area contributed by atoms with Crippen molar-refractivity contribution in [3.63, 3.8) is 0 Å². The summed E-state index contributed by atoms with van der Waals surface area (Å²) < 4.78 is 25.9. The monoisotopic (exact) mass is 384 g/mol. The molecule has 0 saturated carbocycles. The fourth-order valence-corrected chi connectivity index (χ4v) is 3.12. The van der Waals surface area contributed by atoms with E-state index in [4.69, 9.17) is 9.47 Å². The van der Waals surface area contributed by atoms with Crippen molar-refractivity contribution in [2.45, 2.75) is 5.92 Å². The SMILES string of the molecule is COc1cc(OC)c(NC(=O)[C@H]2CNC[C@@H]2c2cnn(C)c2)cc1F.Cl. The second kappa shape index (κ2) is 8.37. The molecule has 0 aliphatic carbocycles. The molecule has 0 spiro atoms. The number of nitrogens with one attached hydrogen (secondary N) is 2. The Morgan fingerprint density at radius 3 is 2.65 bits per heavy atom. The van der Waals surface area contributed by atoms with Gasteiger partial charge in [0.05, 0.1) is 32.0 Å². The van der Waals surface area contributed by atoms with Crippen LogP contribution in [0.25, 0.3) is 0 Å². The summed E-state index contributed by atoms with van der Waals surface area (Å²) in [5, 5.41) is 10.2. The van der Waals surface area contributed by atoms with Gasteiger partial charge in [-0.05, 0) is 5.56 Å². The third-order valence-electron chi connectivity index (χ3n) is 4.44. The average molecular weight is 385 g/mol. The van der Waals surface area contributed by atoms with Gasteiger partial charge < -0.3 is 20.1 Å². The fraction of sp³-hybridized carbons (Fsp3) is 0.412. The number of carbonyl (C=O) groups excluding carboxylic acids is 1. The quantitative estimate of drug-likeness (QED) is 0.823. The molecule has 9 heteroatoms. The van der Waals surface area contributed by atoms with Crippen LogP contribution in [0.3, 0.4) is 0 Å². The van der Waals surface area contributed by atoms with E-state index < -0.39 is 5.82 Å². The Morgan fingerprint density at radius 1 is 1.31 bits per heavy atom. The number of aryl methyl sites for hydroxylation is 1. The van der Waals surface area contributed by atoms with Crippen LogP contribution in [0.2, 0.25) is 0 Å². The van der Waals surface area contributed by atoms with E-state index in [1.54, 1.807) is 10.9 Å². The average Bonchev–Trinajstić information content (AvgIpc) is 3.23. The predicted molar refractivity (Wildman–Crippen MR) is 97.7 cm³/mol. The first-order chi connectivity index (χ1) is 12.0. The number of methoxy groups -OCH3 is 2. The molecular weight excluding hydrogens is 363 g/mol. The molecule has 0 radical (unpaired) electrons. The number of benzene rings is 1. The van der Waals surface area contributed by atoms with Gasteiger partial charge in [-0.2, -0.15) is 5.10 Å². The first kappa shape index (κ1) is 20.0. The highest BCUT2D eigenvalue weighted by molar-refractivity contribution is 5.95. The molecule has 2 aromatic rings. The predicted octanol–water partition coefficient (Wildman–Crippen LogP) is 1.94. The van der Waals surface area contributed by atoms with Gasteiger partial charge in [0.25, 0.3) is 0 Å². The zero-order valence-corrected chi connectivity index (χ0v) is 15.6. The van der Waals surface area contributed by atoms with E-state index >= 15 is 0 Å². The largest absolute Gasteiger partial charge is 0.494 e. The first-order valence-electron chi connectivity index (χ1n) is 7.95. The number of carbonyl (C=O) groups is 1. The van der Waals surface area contributed by atoms with Crippen molar-refractivity contribution < 1.29 is 18.7 Å². The Bertz CT molecular complexity index is 783. The van der Waals surface area contributed by atoms with E-state index in [9.17, 15) is 9.18 Å². The molecule has 2 atom stereocenters. The molecule has 7 nitrogen and oxygen atoms in total. The normalized spacial score (nSPS) is 18.9. The molecular formula is C17H22ClFN4O3. The standard InChI is InChI=1S/C17H21FN4O3.ClH/c1-22-9-10(6-20-22)11-7-19-8-12(11)17(23)21-14-4-13(18)15(24-2)5-16(14)25-3;/h4-6,9,11-12,19H,7-8H2,1-3H3,(H,21,23);1H/t11-,12+;/m1./s1. The second-order valence-corrected chi connectivity index (χ2v) is 5.99. The Labute approximate surface area is 157 Å². The smallest absolute Gasteiger partial charge is 0.229 e. The third-order valence-corrected chi connectivity index (χ3v) is 4.44. The van der Waals surface area contributed by atoms with Crippen molar-refractivity contribution in [1.29, 1.82) is 0 Å². The first-order valence-corrected chi connectivity index (χ1v) is 7.95. The van der Waals surface area contributed by atoms with Gasteiger partial charge in [-0.3, -0.25) is 9.48 Å². The van der Waals surface area contributed by atoms with Crippen LogP contribution in [0, 0.1) is 11.7 Å². The topological polar surface area (TPSA) is 77.4 Å². The van der Waals surface area contributed by atoms with Gasteiger partial charge in [-0.1, -0.05) is 0 Å². The van der Waals surface area contributed by atoms with E-state index in [0.29, 0.717) is 18.8 Å². The Hall–Kier alpha value is -2.32. The zero-order chi connectivity index (χ0) is 18.0. The van der Waals surface area contributed by atoms with Gasteiger partial charge >= 0.3 is 0 Å². The molecule has 1 amide bonds. The minimum Gasteiger partial charge on any atom is -0.494 e. The summed E-state index contributed by atoms with van der Waals surface area (Å²) >= 11 is 0. The molecule has 0 bridgehead atoms. The van der Waals surface area contributed by atoms with Gasteiger partial charge in [-0.15, -0.1) is 12.4 Å². The number of amides is 1. The molecule has 2 heterocycles. The van der Waals surface area contributed by atoms with E-state index in [1.165, 1.54) is 26.4 Å². The van der Waals surface area contributed by atoms with Crippen molar-refractivity contribution in [1.82, 2.24) is 15.1 Å². The summed E-state index contributed by atoms with van der Waals surface area (Å²) in [7, 11) is 4.67. The molecule has 3 rings (SSSR count). The molecule has 0 unspecified atom stereocenters. The van der Waals surface area contributed by atoms with Gasteiger partial charge in [0.2, 0.25) is 5.91 Å². The van der Waals surface area contributed by atoms with Gasteiger partial charge in [0, 0.05) is 44.4 Å². The molecule has 142 valence electrons. The van der Waals surface area contributed by atoms with Crippen molar-refractivity contribution in [2.24, 2.45) is 13.0 Å². The second-order valence-electron chi connectivity index (χ2n) is 5.99. The van der Waals surface area contributed by atoms with Crippen molar-refractivity contribution >= 4 is 24.0 Å². The minimum atomic E-state index is -0.563. The number of ether oxygens (including phenoxy) is 2. The summed E-state index contributed by atoms with van der Waals surface area (Å²) in [5.74, 6) is -0.614. The summed E-state index contributed by atoms with van der Waals surface area (Å²) in [4.78, 5) is 12.8. The van der Waals surface area contributed by atoms with Gasteiger partial charge in [0.15, 0.2) is 11.6 Å². The number of hydrogen-bond donors (Lipinski definition) is 2. The number of halogens is 2. The van der Waals surface area contributed by atoms with E-state index in [-0.39, 0.29) is 41.6 Å². The number of anilines is 1. The lowest BCUT2D eigenvalue weighted by Crippen LogP contribution is -2.28.